The molecule has 142 valence electrons. The van der Waals surface area contributed by atoms with Gasteiger partial charge >= 0.3 is 6.18 Å². The first-order valence-electron chi connectivity index (χ1n) is 8.71. The highest BCUT2D eigenvalue weighted by molar-refractivity contribution is 5.75. The molecule has 0 spiro atoms. The molecule has 0 radical (unpaired) electrons. The zero-order chi connectivity index (χ0) is 19.0. The number of fused-ring (bicyclic) bond motifs is 1. The van der Waals surface area contributed by atoms with Crippen molar-refractivity contribution < 1.29 is 13.2 Å². The Morgan fingerprint density at radius 2 is 2.00 bits per heavy atom. The Morgan fingerprint density at radius 3 is 2.67 bits per heavy atom. The van der Waals surface area contributed by atoms with Gasteiger partial charge in [-0.3, -0.25) is 0 Å². The van der Waals surface area contributed by atoms with E-state index in [1.165, 1.54) is 12.1 Å². The Labute approximate surface area is 153 Å². The van der Waals surface area contributed by atoms with E-state index in [-0.39, 0.29) is 0 Å². The van der Waals surface area contributed by atoms with Crippen molar-refractivity contribution in [1.29, 1.82) is 0 Å². The summed E-state index contributed by atoms with van der Waals surface area (Å²) in [6.07, 6.45) is -0.362. The third-order valence-corrected chi connectivity index (χ3v) is 4.67. The standard InChI is InChI=1S/C18H19F3N6/c19-18(20,21)12-3-5-13(6-4-12)24-14-8-16(22)26-27-10-15(25-17(14)27)11-2-1-7-23-9-11/h3-6,8,10-11,23-24H,1-2,7,9H2,(H2,22,26)/t11-/m0/s1. The first-order valence-corrected chi connectivity index (χ1v) is 8.71. The number of anilines is 3. The van der Waals surface area contributed by atoms with E-state index < -0.39 is 11.7 Å². The molecule has 3 heterocycles. The number of benzene rings is 1. The lowest BCUT2D eigenvalue weighted by Crippen LogP contribution is -2.28. The van der Waals surface area contributed by atoms with Crippen LogP contribution in [0.25, 0.3) is 5.65 Å². The lowest BCUT2D eigenvalue weighted by atomic mass is 9.97. The van der Waals surface area contributed by atoms with Gasteiger partial charge in [0.1, 0.15) is 5.82 Å². The lowest BCUT2D eigenvalue weighted by molar-refractivity contribution is -0.137. The fraction of sp³-hybridized carbons (Fsp3) is 0.333. The van der Waals surface area contributed by atoms with Crippen molar-refractivity contribution in [3.8, 4) is 0 Å². The van der Waals surface area contributed by atoms with Crippen LogP contribution < -0.4 is 16.4 Å². The number of hydrogen-bond acceptors (Lipinski definition) is 5. The van der Waals surface area contributed by atoms with Crippen LogP contribution >= 0.6 is 0 Å². The van der Waals surface area contributed by atoms with Gasteiger partial charge < -0.3 is 16.4 Å². The number of piperidine rings is 1. The van der Waals surface area contributed by atoms with Crippen LogP contribution in [0, 0.1) is 0 Å². The molecule has 6 nitrogen and oxygen atoms in total. The van der Waals surface area contributed by atoms with Gasteiger partial charge in [0.05, 0.1) is 23.1 Å². The second kappa shape index (κ2) is 6.73. The number of aromatic nitrogens is 3. The molecule has 0 unspecified atom stereocenters. The van der Waals surface area contributed by atoms with Gasteiger partial charge in [0.2, 0.25) is 0 Å². The van der Waals surface area contributed by atoms with Gasteiger partial charge in [0.15, 0.2) is 5.65 Å². The minimum absolute atomic E-state index is 0.294. The van der Waals surface area contributed by atoms with E-state index in [1.54, 1.807) is 10.6 Å². The molecule has 0 amide bonds. The summed E-state index contributed by atoms with van der Waals surface area (Å²) in [4.78, 5) is 4.69. The first kappa shape index (κ1) is 17.6. The molecule has 2 aromatic heterocycles. The Balaban J connectivity index is 1.65. The van der Waals surface area contributed by atoms with Crippen molar-refractivity contribution in [2.75, 3.05) is 24.1 Å². The number of hydrogen-bond donors (Lipinski definition) is 3. The van der Waals surface area contributed by atoms with Crippen molar-refractivity contribution in [1.82, 2.24) is 19.9 Å². The van der Waals surface area contributed by atoms with E-state index in [0.717, 1.165) is 43.8 Å². The maximum Gasteiger partial charge on any atom is 0.416 e. The van der Waals surface area contributed by atoms with Crippen LogP contribution in [-0.2, 0) is 6.18 Å². The Bertz CT molecular complexity index is 942. The number of nitrogens with one attached hydrogen (secondary N) is 2. The van der Waals surface area contributed by atoms with Crippen LogP contribution in [0.4, 0.5) is 30.4 Å². The summed E-state index contributed by atoms with van der Waals surface area (Å²) in [5.74, 6) is 0.600. The smallest absolute Gasteiger partial charge is 0.382 e. The number of halogens is 3. The molecule has 0 aliphatic carbocycles. The van der Waals surface area contributed by atoms with Gasteiger partial charge in [-0.15, -0.1) is 5.10 Å². The monoisotopic (exact) mass is 376 g/mol. The summed E-state index contributed by atoms with van der Waals surface area (Å²) < 4.78 is 39.8. The van der Waals surface area contributed by atoms with Gasteiger partial charge in [-0.25, -0.2) is 9.50 Å². The third kappa shape index (κ3) is 3.68. The number of nitrogens with zero attached hydrogens (tertiary/aromatic N) is 3. The molecule has 1 atom stereocenters. The molecule has 1 aliphatic rings. The van der Waals surface area contributed by atoms with E-state index in [1.807, 2.05) is 6.20 Å². The van der Waals surface area contributed by atoms with Crippen molar-refractivity contribution >= 4 is 22.8 Å². The van der Waals surface area contributed by atoms with Crippen LogP contribution in [0.1, 0.15) is 30.0 Å². The predicted molar refractivity (Wildman–Crippen MR) is 97.0 cm³/mol. The number of imidazole rings is 1. The molecule has 1 aromatic carbocycles. The minimum Gasteiger partial charge on any atom is -0.382 e. The van der Waals surface area contributed by atoms with Crippen molar-refractivity contribution in [2.45, 2.75) is 24.9 Å². The number of nitrogens with two attached hydrogens (primary N) is 1. The van der Waals surface area contributed by atoms with Crippen LogP contribution in [0.2, 0.25) is 0 Å². The van der Waals surface area contributed by atoms with Gasteiger partial charge in [-0.1, -0.05) is 0 Å². The van der Waals surface area contributed by atoms with Crippen LogP contribution in [0.5, 0.6) is 0 Å². The molecular formula is C18H19F3N6. The molecule has 1 saturated heterocycles. The summed E-state index contributed by atoms with van der Waals surface area (Å²) >= 11 is 0. The fourth-order valence-corrected chi connectivity index (χ4v) is 3.31. The van der Waals surface area contributed by atoms with Gasteiger partial charge in [-0.05, 0) is 43.7 Å². The lowest BCUT2D eigenvalue weighted by Gasteiger charge is -2.20. The Morgan fingerprint density at radius 1 is 1.22 bits per heavy atom. The zero-order valence-electron chi connectivity index (χ0n) is 14.4. The summed E-state index contributed by atoms with van der Waals surface area (Å²) in [7, 11) is 0. The zero-order valence-corrected chi connectivity index (χ0v) is 14.4. The minimum atomic E-state index is -4.36. The second-order valence-corrected chi connectivity index (χ2v) is 6.66. The third-order valence-electron chi connectivity index (χ3n) is 4.67. The normalized spacial score (nSPS) is 18.0. The van der Waals surface area contributed by atoms with Crippen LogP contribution in [-0.4, -0.2) is 27.7 Å². The van der Waals surface area contributed by atoms with E-state index >= 15 is 0 Å². The maximum atomic E-state index is 12.7. The quantitative estimate of drug-likeness (QED) is 0.652. The molecule has 9 heteroatoms. The molecular weight excluding hydrogens is 357 g/mol. The van der Waals surface area contributed by atoms with Gasteiger partial charge in [0, 0.05) is 24.2 Å². The Kier molecular flexibility index (Phi) is 4.39. The second-order valence-electron chi connectivity index (χ2n) is 6.66. The average molecular weight is 376 g/mol. The number of alkyl halides is 3. The first-order chi connectivity index (χ1) is 12.9. The van der Waals surface area contributed by atoms with Gasteiger partial charge in [-0.2, -0.15) is 13.2 Å². The maximum absolute atomic E-state index is 12.7. The SMILES string of the molecule is Nc1cc(Nc2ccc(C(F)(F)F)cc2)c2nc([C@H]3CCCNC3)cn2n1. The molecule has 0 saturated carbocycles. The number of rotatable bonds is 3. The Hall–Kier alpha value is -2.81. The highest BCUT2D eigenvalue weighted by atomic mass is 19.4. The molecule has 3 aromatic rings. The highest BCUT2D eigenvalue weighted by Crippen LogP contribution is 2.31. The average Bonchev–Trinajstić information content (AvgIpc) is 3.06. The van der Waals surface area contributed by atoms with Crippen LogP contribution in [0.3, 0.4) is 0 Å². The van der Waals surface area contributed by atoms with Crippen molar-refractivity contribution in [3.63, 3.8) is 0 Å². The van der Waals surface area contributed by atoms with Gasteiger partial charge in [0.25, 0.3) is 0 Å². The van der Waals surface area contributed by atoms with E-state index in [0.29, 0.717) is 28.8 Å². The summed E-state index contributed by atoms with van der Waals surface area (Å²) in [5.41, 5.74) is 7.81. The van der Waals surface area contributed by atoms with E-state index in [4.69, 9.17) is 10.7 Å². The molecule has 4 rings (SSSR count). The molecule has 1 aliphatic heterocycles. The van der Waals surface area contributed by atoms with Crippen LogP contribution in [0.15, 0.2) is 36.5 Å². The van der Waals surface area contributed by atoms with Crippen molar-refractivity contribution in [2.24, 2.45) is 0 Å². The highest BCUT2D eigenvalue weighted by Gasteiger charge is 2.30. The number of nitrogen functional groups attached to an aromatic ring is 1. The van der Waals surface area contributed by atoms with Crippen molar-refractivity contribution in [3.05, 3.63) is 47.8 Å². The molecule has 4 N–H and O–H groups in total. The topological polar surface area (TPSA) is 80.3 Å². The fourth-order valence-electron chi connectivity index (χ4n) is 3.31. The van der Waals surface area contributed by atoms with E-state index in [2.05, 4.69) is 15.7 Å². The molecule has 0 bridgehead atoms. The largest absolute Gasteiger partial charge is 0.416 e. The summed E-state index contributed by atoms with van der Waals surface area (Å²) in [6, 6.07) is 6.46. The van der Waals surface area contributed by atoms with E-state index in [9.17, 15) is 13.2 Å². The summed E-state index contributed by atoms with van der Waals surface area (Å²) in [6.45, 7) is 1.87. The summed E-state index contributed by atoms with van der Waals surface area (Å²) in [5, 5.41) is 10.7. The molecule has 1 fully saturated rings. The molecule has 27 heavy (non-hydrogen) atoms. The predicted octanol–water partition coefficient (Wildman–Crippen LogP) is 3.54.